The summed E-state index contributed by atoms with van der Waals surface area (Å²) in [6.45, 7) is 8.09. The fourth-order valence-electron chi connectivity index (χ4n) is 1.17. The highest BCUT2D eigenvalue weighted by molar-refractivity contribution is 7.11. The van der Waals surface area contributed by atoms with Crippen LogP contribution in [0.2, 0.25) is 0 Å². The van der Waals surface area contributed by atoms with Crippen LogP contribution in [0.25, 0.3) is 0 Å². The van der Waals surface area contributed by atoms with E-state index >= 15 is 0 Å². The number of nitrogens with zero attached hydrogens (tertiary/aromatic N) is 1. The van der Waals surface area contributed by atoms with Crippen LogP contribution in [-0.2, 0) is 11.3 Å². The lowest BCUT2D eigenvalue weighted by atomic mass is 10.1. The number of aryl methyl sites for hydroxylation is 1. The Morgan fingerprint density at radius 3 is 2.80 bits per heavy atom. The lowest BCUT2D eigenvalue weighted by Gasteiger charge is -2.22. The Morgan fingerprint density at radius 2 is 2.27 bits per heavy atom. The minimum absolute atomic E-state index is 0.0359. The molecule has 0 amide bonds. The second-order valence-electron chi connectivity index (χ2n) is 4.26. The zero-order valence-corrected chi connectivity index (χ0v) is 10.8. The molecule has 0 aliphatic rings. The lowest BCUT2D eigenvalue weighted by Crippen LogP contribution is -2.28. The summed E-state index contributed by atoms with van der Waals surface area (Å²) in [4.78, 5) is 5.56. The minimum atomic E-state index is -0.0359. The summed E-state index contributed by atoms with van der Waals surface area (Å²) in [6, 6.07) is 0. The molecule has 1 heterocycles. The molecule has 3 nitrogen and oxygen atoms in total. The van der Waals surface area contributed by atoms with E-state index in [1.54, 1.807) is 18.4 Å². The van der Waals surface area contributed by atoms with Gasteiger partial charge >= 0.3 is 0 Å². The van der Waals surface area contributed by atoms with Crippen LogP contribution < -0.4 is 5.32 Å². The van der Waals surface area contributed by atoms with Crippen molar-refractivity contribution in [3.8, 4) is 0 Å². The van der Waals surface area contributed by atoms with E-state index in [-0.39, 0.29) is 5.60 Å². The quantitative estimate of drug-likeness (QED) is 0.759. The molecule has 0 unspecified atom stereocenters. The molecule has 0 aliphatic heterocycles. The number of aromatic nitrogens is 1. The van der Waals surface area contributed by atoms with Gasteiger partial charge in [-0.25, -0.2) is 4.98 Å². The van der Waals surface area contributed by atoms with Gasteiger partial charge in [0, 0.05) is 24.7 Å². The van der Waals surface area contributed by atoms with Crippen LogP contribution >= 0.6 is 11.3 Å². The monoisotopic (exact) mass is 228 g/mol. The number of hydrogen-bond acceptors (Lipinski definition) is 4. The van der Waals surface area contributed by atoms with Crippen LogP contribution in [0.1, 0.15) is 30.2 Å². The molecule has 0 aromatic carbocycles. The molecule has 86 valence electrons. The first-order chi connectivity index (χ1) is 7.03. The Labute approximate surface area is 95.9 Å². The van der Waals surface area contributed by atoms with Crippen molar-refractivity contribution in [3.05, 3.63) is 16.1 Å². The summed E-state index contributed by atoms with van der Waals surface area (Å²) in [5, 5.41) is 4.53. The molecule has 0 atom stereocenters. The van der Waals surface area contributed by atoms with Crippen LogP contribution in [0.5, 0.6) is 0 Å². The van der Waals surface area contributed by atoms with Gasteiger partial charge in [0.25, 0.3) is 0 Å². The average Bonchev–Trinajstić information content (AvgIpc) is 2.59. The van der Waals surface area contributed by atoms with E-state index in [2.05, 4.69) is 31.1 Å². The zero-order valence-electron chi connectivity index (χ0n) is 9.96. The normalized spacial score (nSPS) is 12.0. The summed E-state index contributed by atoms with van der Waals surface area (Å²) >= 11 is 1.75. The van der Waals surface area contributed by atoms with Gasteiger partial charge in [0.05, 0.1) is 5.60 Å². The second-order valence-corrected chi connectivity index (χ2v) is 5.57. The second kappa shape index (κ2) is 5.58. The van der Waals surface area contributed by atoms with Crippen molar-refractivity contribution in [1.29, 1.82) is 0 Å². The molecule has 1 rings (SSSR count). The first-order valence-corrected chi connectivity index (χ1v) is 6.02. The van der Waals surface area contributed by atoms with Gasteiger partial charge in [-0.2, -0.15) is 0 Å². The fraction of sp³-hybridized carbons (Fsp3) is 0.727. The summed E-state index contributed by atoms with van der Waals surface area (Å²) in [5.41, 5.74) is -0.0359. The van der Waals surface area contributed by atoms with Crippen molar-refractivity contribution in [2.24, 2.45) is 0 Å². The molecular weight excluding hydrogens is 208 g/mol. The number of nitrogens with one attached hydrogen (secondary N) is 1. The van der Waals surface area contributed by atoms with Gasteiger partial charge in [-0.1, -0.05) is 0 Å². The highest BCUT2D eigenvalue weighted by atomic mass is 32.1. The predicted octanol–water partition coefficient (Wildman–Crippen LogP) is 2.36. The molecule has 0 bridgehead atoms. The van der Waals surface area contributed by atoms with E-state index in [4.69, 9.17) is 4.74 Å². The standard InChI is InChI=1S/C11H20N2OS/c1-9-7-13-10(15-9)8-12-6-5-11(2,3)14-4/h7,12H,5-6,8H2,1-4H3. The summed E-state index contributed by atoms with van der Waals surface area (Å²) in [7, 11) is 1.75. The Kier molecular flexibility index (Phi) is 4.70. The van der Waals surface area contributed by atoms with Crippen molar-refractivity contribution >= 4 is 11.3 Å². The zero-order chi connectivity index (χ0) is 11.3. The van der Waals surface area contributed by atoms with Crippen LogP contribution in [-0.4, -0.2) is 24.2 Å². The van der Waals surface area contributed by atoms with E-state index in [1.165, 1.54) is 4.88 Å². The number of ether oxygens (including phenoxy) is 1. The first-order valence-electron chi connectivity index (χ1n) is 5.21. The largest absolute Gasteiger partial charge is 0.379 e. The molecule has 1 aromatic rings. The van der Waals surface area contributed by atoms with E-state index in [1.807, 2.05) is 6.20 Å². The number of rotatable bonds is 6. The van der Waals surface area contributed by atoms with Crippen LogP contribution in [0.3, 0.4) is 0 Å². The molecule has 4 heteroatoms. The molecule has 0 radical (unpaired) electrons. The van der Waals surface area contributed by atoms with Gasteiger partial charge in [0.2, 0.25) is 0 Å². The Balaban J connectivity index is 2.17. The van der Waals surface area contributed by atoms with Crippen molar-refractivity contribution in [2.75, 3.05) is 13.7 Å². The van der Waals surface area contributed by atoms with E-state index in [0.29, 0.717) is 0 Å². The maximum absolute atomic E-state index is 5.34. The predicted molar refractivity (Wildman–Crippen MR) is 64.3 cm³/mol. The smallest absolute Gasteiger partial charge is 0.107 e. The SMILES string of the molecule is COC(C)(C)CCNCc1ncc(C)s1. The Hall–Kier alpha value is -0.450. The third-order valence-corrected chi connectivity index (χ3v) is 3.31. The van der Waals surface area contributed by atoms with Crippen LogP contribution in [0.4, 0.5) is 0 Å². The van der Waals surface area contributed by atoms with Gasteiger partial charge < -0.3 is 10.1 Å². The van der Waals surface area contributed by atoms with Gasteiger partial charge in [-0.15, -0.1) is 11.3 Å². The molecule has 0 saturated heterocycles. The van der Waals surface area contributed by atoms with Gasteiger partial charge in [-0.3, -0.25) is 0 Å². The fourth-order valence-corrected chi connectivity index (χ4v) is 1.93. The highest BCUT2D eigenvalue weighted by Gasteiger charge is 2.14. The molecule has 1 N–H and O–H groups in total. The van der Waals surface area contributed by atoms with Gasteiger partial charge in [-0.05, 0) is 33.7 Å². The molecular formula is C11H20N2OS. The van der Waals surface area contributed by atoms with Gasteiger partial charge in [0.1, 0.15) is 5.01 Å². The molecule has 1 aromatic heterocycles. The van der Waals surface area contributed by atoms with Crippen molar-refractivity contribution in [3.63, 3.8) is 0 Å². The number of methoxy groups -OCH3 is 1. The third kappa shape index (κ3) is 4.73. The lowest BCUT2D eigenvalue weighted by molar-refractivity contribution is 0.0158. The number of hydrogen-bond donors (Lipinski definition) is 1. The first kappa shape index (κ1) is 12.6. The summed E-state index contributed by atoms with van der Waals surface area (Å²) in [6.07, 6.45) is 2.93. The molecule has 0 fully saturated rings. The van der Waals surface area contributed by atoms with E-state index in [9.17, 15) is 0 Å². The van der Waals surface area contributed by atoms with Crippen molar-refractivity contribution in [1.82, 2.24) is 10.3 Å². The topological polar surface area (TPSA) is 34.1 Å². The average molecular weight is 228 g/mol. The molecule has 0 saturated carbocycles. The van der Waals surface area contributed by atoms with Crippen molar-refractivity contribution < 1.29 is 4.74 Å². The van der Waals surface area contributed by atoms with Crippen LogP contribution in [0, 0.1) is 6.92 Å². The maximum Gasteiger partial charge on any atom is 0.107 e. The number of thiazole rings is 1. The summed E-state index contributed by atoms with van der Waals surface area (Å²) in [5.74, 6) is 0. The van der Waals surface area contributed by atoms with Crippen LogP contribution in [0.15, 0.2) is 6.20 Å². The third-order valence-electron chi connectivity index (χ3n) is 2.40. The van der Waals surface area contributed by atoms with E-state index in [0.717, 1.165) is 24.5 Å². The van der Waals surface area contributed by atoms with Gasteiger partial charge in [0.15, 0.2) is 0 Å². The Bertz CT molecular complexity index is 297. The molecule has 0 spiro atoms. The highest BCUT2D eigenvalue weighted by Crippen LogP contribution is 2.13. The Morgan fingerprint density at radius 1 is 1.53 bits per heavy atom. The van der Waals surface area contributed by atoms with Crippen molar-refractivity contribution in [2.45, 2.75) is 39.3 Å². The molecule has 15 heavy (non-hydrogen) atoms. The summed E-state index contributed by atoms with van der Waals surface area (Å²) < 4.78 is 5.34. The molecule has 0 aliphatic carbocycles. The minimum Gasteiger partial charge on any atom is -0.379 e. The van der Waals surface area contributed by atoms with E-state index < -0.39 is 0 Å². The maximum atomic E-state index is 5.34.